The molecule has 2 unspecified atom stereocenters. The Balaban J connectivity index is 0.00000261. The zero-order valence-corrected chi connectivity index (χ0v) is 16.2. The van der Waals surface area contributed by atoms with E-state index < -0.39 is 6.10 Å². The van der Waals surface area contributed by atoms with E-state index in [1.165, 1.54) is 12.1 Å². The van der Waals surface area contributed by atoms with E-state index in [0.717, 1.165) is 0 Å². The van der Waals surface area contributed by atoms with Crippen molar-refractivity contribution >= 4 is 29.4 Å². The summed E-state index contributed by atoms with van der Waals surface area (Å²) in [6.07, 6.45) is 3.69. The molecule has 3 rings (SSSR count). The van der Waals surface area contributed by atoms with Crippen molar-refractivity contribution in [3.63, 3.8) is 0 Å². The fourth-order valence-corrected chi connectivity index (χ4v) is 2.84. The Bertz CT molecular complexity index is 972. The Kier molecular flexibility index (Phi) is 6.51. The van der Waals surface area contributed by atoms with E-state index in [4.69, 9.17) is 5.73 Å². The van der Waals surface area contributed by atoms with Crippen LogP contribution in [-0.2, 0) is 7.05 Å². The highest BCUT2D eigenvalue weighted by Crippen LogP contribution is 2.28. The average molecular weight is 392 g/mol. The Morgan fingerprint density at radius 2 is 2.04 bits per heavy atom. The SMILES string of the molecule is CC=CCC(O)C(C)c1nc(N)c2nc(-c3cccc(F)c3)n(C)c2n1.Cl. The molecule has 0 spiro atoms. The number of nitrogens with zero attached hydrogens (tertiary/aromatic N) is 4. The van der Waals surface area contributed by atoms with Crippen LogP contribution in [0.15, 0.2) is 36.4 Å². The molecular weight excluding hydrogens is 369 g/mol. The molecule has 3 N–H and O–H groups in total. The molecule has 0 saturated heterocycles. The minimum absolute atomic E-state index is 0. The number of rotatable bonds is 5. The first-order valence-electron chi connectivity index (χ1n) is 8.47. The zero-order valence-electron chi connectivity index (χ0n) is 15.4. The molecule has 0 aliphatic heterocycles. The molecule has 2 atom stereocenters. The van der Waals surface area contributed by atoms with Crippen LogP contribution in [-0.4, -0.2) is 30.7 Å². The lowest BCUT2D eigenvalue weighted by atomic mass is 10.0. The fraction of sp³-hybridized carbons (Fsp3) is 0.316. The highest BCUT2D eigenvalue weighted by Gasteiger charge is 2.22. The third-order valence-electron chi connectivity index (χ3n) is 4.44. The number of aryl methyl sites for hydroxylation is 1. The van der Waals surface area contributed by atoms with Gasteiger partial charge in [0.25, 0.3) is 0 Å². The number of hydrogen-bond donors (Lipinski definition) is 2. The quantitative estimate of drug-likeness (QED) is 0.648. The van der Waals surface area contributed by atoms with Crippen molar-refractivity contribution in [1.29, 1.82) is 0 Å². The summed E-state index contributed by atoms with van der Waals surface area (Å²) in [6, 6.07) is 6.20. The van der Waals surface area contributed by atoms with Gasteiger partial charge in [-0.05, 0) is 25.5 Å². The maximum Gasteiger partial charge on any atom is 0.166 e. The van der Waals surface area contributed by atoms with E-state index >= 15 is 0 Å². The monoisotopic (exact) mass is 391 g/mol. The van der Waals surface area contributed by atoms with Crippen LogP contribution in [0.2, 0.25) is 0 Å². The minimum Gasteiger partial charge on any atom is -0.392 e. The summed E-state index contributed by atoms with van der Waals surface area (Å²) >= 11 is 0. The molecule has 3 aromatic rings. The van der Waals surface area contributed by atoms with Crippen LogP contribution in [0.4, 0.5) is 10.2 Å². The van der Waals surface area contributed by atoms with Gasteiger partial charge in [-0.25, -0.2) is 19.3 Å². The van der Waals surface area contributed by atoms with Crippen molar-refractivity contribution in [1.82, 2.24) is 19.5 Å². The standard InChI is InChI=1S/C19H22FN5O.ClH/c1-4-5-9-14(26)11(2)17-23-16(21)15-19(24-17)25(3)18(22-15)12-7-6-8-13(20)10-12;/h4-8,10-11,14,26H,9H2,1-3H3,(H2,21,23,24);1H. The number of benzene rings is 1. The van der Waals surface area contributed by atoms with Crippen LogP contribution >= 0.6 is 12.4 Å². The molecule has 0 fully saturated rings. The van der Waals surface area contributed by atoms with Crippen molar-refractivity contribution < 1.29 is 9.50 Å². The lowest BCUT2D eigenvalue weighted by Gasteiger charge is -2.16. The number of imidazole rings is 1. The van der Waals surface area contributed by atoms with Crippen molar-refractivity contribution in [3.8, 4) is 11.4 Å². The lowest BCUT2D eigenvalue weighted by molar-refractivity contribution is 0.149. The van der Waals surface area contributed by atoms with E-state index in [1.807, 2.05) is 26.0 Å². The molecule has 0 radical (unpaired) electrons. The summed E-state index contributed by atoms with van der Waals surface area (Å²) in [7, 11) is 1.80. The summed E-state index contributed by atoms with van der Waals surface area (Å²) in [5.74, 6) is 0.634. The first kappa shape index (κ1) is 20.8. The van der Waals surface area contributed by atoms with Crippen LogP contribution in [0.5, 0.6) is 0 Å². The summed E-state index contributed by atoms with van der Waals surface area (Å²) in [5.41, 5.74) is 7.74. The molecule has 0 bridgehead atoms. The van der Waals surface area contributed by atoms with Gasteiger partial charge in [-0.3, -0.25) is 0 Å². The smallest absolute Gasteiger partial charge is 0.166 e. The highest BCUT2D eigenvalue weighted by atomic mass is 35.5. The fourth-order valence-electron chi connectivity index (χ4n) is 2.84. The van der Waals surface area contributed by atoms with Gasteiger partial charge in [-0.1, -0.05) is 31.2 Å². The predicted molar refractivity (Wildman–Crippen MR) is 107 cm³/mol. The van der Waals surface area contributed by atoms with E-state index in [-0.39, 0.29) is 30.0 Å². The summed E-state index contributed by atoms with van der Waals surface area (Å²) in [5, 5.41) is 10.3. The van der Waals surface area contributed by atoms with Crippen LogP contribution < -0.4 is 5.73 Å². The molecular formula is C19H23ClFN5O. The maximum atomic E-state index is 13.6. The van der Waals surface area contributed by atoms with Gasteiger partial charge in [0, 0.05) is 18.5 Å². The maximum absolute atomic E-state index is 13.6. The van der Waals surface area contributed by atoms with Crippen LogP contribution in [0.3, 0.4) is 0 Å². The molecule has 27 heavy (non-hydrogen) atoms. The molecule has 144 valence electrons. The van der Waals surface area contributed by atoms with Gasteiger partial charge in [-0.15, -0.1) is 12.4 Å². The van der Waals surface area contributed by atoms with Crippen LogP contribution in [0.25, 0.3) is 22.6 Å². The van der Waals surface area contributed by atoms with Gasteiger partial charge in [0.15, 0.2) is 17.0 Å². The molecule has 0 amide bonds. The Morgan fingerprint density at radius 1 is 1.30 bits per heavy atom. The Hall–Kier alpha value is -2.51. The summed E-state index contributed by atoms with van der Waals surface area (Å²) < 4.78 is 15.3. The second kappa shape index (κ2) is 8.45. The number of hydrogen-bond acceptors (Lipinski definition) is 5. The van der Waals surface area contributed by atoms with Gasteiger partial charge >= 0.3 is 0 Å². The molecule has 0 aliphatic rings. The minimum atomic E-state index is -0.612. The van der Waals surface area contributed by atoms with Gasteiger partial charge in [-0.2, -0.15) is 0 Å². The van der Waals surface area contributed by atoms with Crippen LogP contribution in [0, 0.1) is 5.82 Å². The summed E-state index contributed by atoms with van der Waals surface area (Å²) in [4.78, 5) is 13.4. The van der Waals surface area contributed by atoms with Crippen molar-refractivity contribution in [2.45, 2.75) is 32.3 Å². The number of fused-ring (bicyclic) bond motifs is 1. The van der Waals surface area contributed by atoms with Gasteiger partial charge in [0.1, 0.15) is 17.5 Å². The number of anilines is 1. The average Bonchev–Trinajstić information content (AvgIpc) is 2.96. The summed E-state index contributed by atoms with van der Waals surface area (Å²) in [6.45, 7) is 3.76. The van der Waals surface area contributed by atoms with E-state index in [1.54, 1.807) is 23.7 Å². The zero-order chi connectivity index (χ0) is 18.8. The second-order valence-corrected chi connectivity index (χ2v) is 6.30. The molecule has 8 heteroatoms. The third kappa shape index (κ3) is 4.09. The number of nitrogens with two attached hydrogens (primary N) is 1. The van der Waals surface area contributed by atoms with E-state index in [0.29, 0.717) is 34.8 Å². The Labute approximate surface area is 163 Å². The molecule has 6 nitrogen and oxygen atoms in total. The molecule has 0 saturated carbocycles. The van der Waals surface area contributed by atoms with Gasteiger partial charge in [0.2, 0.25) is 0 Å². The van der Waals surface area contributed by atoms with Crippen molar-refractivity contribution in [2.75, 3.05) is 5.73 Å². The number of aromatic nitrogens is 4. The van der Waals surface area contributed by atoms with Crippen molar-refractivity contribution in [2.24, 2.45) is 7.05 Å². The molecule has 1 aromatic carbocycles. The lowest BCUT2D eigenvalue weighted by Crippen LogP contribution is -2.18. The first-order valence-corrected chi connectivity index (χ1v) is 8.47. The largest absolute Gasteiger partial charge is 0.392 e. The van der Waals surface area contributed by atoms with Crippen molar-refractivity contribution in [3.05, 3.63) is 48.1 Å². The van der Waals surface area contributed by atoms with Gasteiger partial charge < -0.3 is 15.4 Å². The number of halogens is 2. The van der Waals surface area contributed by atoms with Crippen LogP contribution in [0.1, 0.15) is 32.0 Å². The van der Waals surface area contributed by atoms with E-state index in [2.05, 4.69) is 15.0 Å². The van der Waals surface area contributed by atoms with E-state index in [9.17, 15) is 9.50 Å². The first-order chi connectivity index (χ1) is 12.4. The topological polar surface area (TPSA) is 89.9 Å². The Morgan fingerprint density at radius 3 is 2.70 bits per heavy atom. The third-order valence-corrected chi connectivity index (χ3v) is 4.44. The predicted octanol–water partition coefficient (Wildman–Crippen LogP) is 3.60. The molecule has 2 heterocycles. The molecule has 2 aromatic heterocycles. The van der Waals surface area contributed by atoms with Gasteiger partial charge in [0.05, 0.1) is 6.10 Å². The number of aliphatic hydroxyl groups excluding tert-OH is 1. The number of aliphatic hydroxyl groups is 1. The number of nitrogen functional groups attached to an aromatic ring is 1. The number of allylic oxidation sites excluding steroid dienone is 1. The normalized spacial score (nSPS) is 13.7. The second-order valence-electron chi connectivity index (χ2n) is 6.30. The highest BCUT2D eigenvalue weighted by molar-refractivity contribution is 5.86. The molecule has 0 aliphatic carbocycles.